The molecule has 1 heterocycles. The van der Waals surface area contributed by atoms with E-state index in [1.165, 1.54) is 6.07 Å². The van der Waals surface area contributed by atoms with E-state index in [2.05, 4.69) is 31.2 Å². The standard InChI is InChI=1S/C10H12N6O2/c1-2-18-9-5-8(17)4-3-7(9)6-11-12-10-13-15-16-14-10/h3-6,17H,2H2,1H3,(H2,12,13,14,15,16). The predicted octanol–water partition coefficient (Wildman–Crippen LogP) is 0.750. The number of nitrogens with one attached hydrogen (secondary N) is 2. The van der Waals surface area contributed by atoms with Crippen molar-refractivity contribution in [3.05, 3.63) is 23.8 Å². The van der Waals surface area contributed by atoms with E-state index in [0.717, 1.165) is 5.56 Å². The Hall–Kier alpha value is -2.64. The molecule has 0 amide bonds. The Balaban J connectivity index is 2.10. The number of hydrazone groups is 1. The first-order valence-corrected chi connectivity index (χ1v) is 5.28. The fraction of sp³-hybridized carbons (Fsp3) is 0.200. The second-order valence-electron chi connectivity index (χ2n) is 3.26. The van der Waals surface area contributed by atoms with Gasteiger partial charge in [0.15, 0.2) is 0 Å². The number of ether oxygens (including phenoxy) is 1. The molecule has 0 atom stereocenters. The molecule has 0 spiro atoms. The van der Waals surface area contributed by atoms with Gasteiger partial charge in [-0.3, -0.25) is 0 Å². The van der Waals surface area contributed by atoms with E-state index in [1.54, 1.807) is 18.3 Å². The Morgan fingerprint density at radius 3 is 3.17 bits per heavy atom. The number of hydrogen-bond donors (Lipinski definition) is 3. The van der Waals surface area contributed by atoms with Crippen molar-refractivity contribution in [2.45, 2.75) is 6.92 Å². The third kappa shape index (κ3) is 2.94. The maximum atomic E-state index is 9.37. The van der Waals surface area contributed by atoms with Gasteiger partial charge in [0.25, 0.3) is 5.95 Å². The van der Waals surface area contributed by atoms with Crippen molar-refractivity contribution in [2.24, 2.45) is 5.10 Å². The topological polar surface area (TPSA) is 108 Å². The summed E-state index contributed by atoms with van der Waals surface area (Å²) in [6.07, 6.45) is 1.54. The molecular formula is C10H12N6O2. The largest absolute Gasteiger partial charge is 0.508 e. The van der Waals surface area contributed by atoms with Gasteiger partial charge in [-0.25, -0.2) is 5.43 Å². The maximum Gasteiger partial charge on any atom is 0.283 e. The van der Waals surface area contributed by atoms with Gasteiger partial charge in [-0.1, -0.05) is 5.10 Å². The normalized spacial score (nSPS) is 10.7. The van der Waals surface area contributed by atoms with Gasteiger partial charge in [0.2, 0.25) is 0 Å². The lowest BCUT2D eigenvalue weighted by molar-refractivity contribution is 0.337. The number of aromatic nitrogens is 4. The van der Waals surface area contributed by atoms with Crippen LogP contribution in [0.1, 0.15) is 12.5 Å². The number of anilines is 1. The van der Waals surface area contributed by atoms with Crippen LogP contribution in [0.15, 0.2) is 23.3 Å². The van der Waals surface area contributed by atoms with Crippen LogP contribution in [0.5, 0.6) is 11.5 Å². The van der Waals surface area contributed by atoms with Crippen molar-refractivity contribution in [1.82, 2.24) is 20.6 Å². The SMILES string of the molecule is CCOc1cc(O)ccc1C=NNc1nn[nH]n1. The van der Waals surface area contributed by atoms with Crippen LogP contribution in [-0.2, 0) is 0 Å². The molecule has 0 radical (unpaired) electrons. The lowest BCUT2D eigenvalue weighted by Gasteiger charge is -2.06. The number of hydrogen-bond acceptors (Lipinski definition) is 7. The number of nitrogens with zero attached hydrogens (tertiary/aromatic N) is 4. The van der Waals surface area contributed by atoms with E-state index in [1.807, 2.05) is 6.92 Å². The van der Waals surface area contributed by atoms with Crippen LogP contribution in [0.4, 0.5) is 5.95 Å². The Morgan fingerprint density at radius 1 is 1.56 bits per heavy atom. The van der Waals surface area contributed by atoms with E-state index in [0.29, 0.717) is 12.4 Å². The maximum absolute atomic E-state index is 9.37. The lowest BCUT2D eigenvalue weighted by Crippen LogP contribution is -1.98. The number of tetrazole rings is 1. The molecule has 0 saturated heterocycles. The molecule has 3 N–H and O–H groups in total. The van der Waals surface area contributed by atoms with Crippen molar-refractivity contribution in [3.63, 3.8) is 0 Å². The molecule has 8 heteroatoms. The highest BCUT2D eigenvalue weighted by atomic mass is 16.5. The van der Waals surface area contributed by atoms with Gasteiger partial charge in [-0.15, -0.1) is 5.10 Å². The average molecular weight is 248 g/mol. The average Bonchev–Trinajstić information content (AvgIpc) is 2.85. The zero-order chi connectivity index (χ0) is 12.8. The molecule has 0 aliphatic rings. The summed E-state index contributed by atoms with van der Waals surface area (Å²) < 4.78 is 5.38. The molecule has 0 aliphatic heterocycles. The molecule has 0 saturated carbocycles. The summed E-state index contributed by atoms with van der Waals surface area (Å²) in [4.78, 5) is 0. The summed E-state index contributed by atoms with van der Waals surface area (Å²) in [5, 5.41) is 26.3. The van der Waals surface area contributed by atoms with Crippen LogP contribution < -0.4 is 10.2 Å². The first-order chi connectivity index (χ1) is 8.79. The van der Waals surface area contributed by atoms with Crippen LogP contribution in [0.3, 0.4) is 0 Å². The summed E-state index contributed by atoms with van der Waals surface area (Å²) in [5.41, 5.74) is 3.32. The molecule has 0 aliphatic carbocycles. The number of H-pyrrole nitrogens is 1. The molecule has 94 valence electrons. The van der Waals surface area contributed by atoms with E-state index >= 15 is 0 Å². The highest BCUT2D eigenvalue weighted by molar-refractivity contribution is 5.84. The smallest absolute Gasteiger partial charge is 0.283 e. The molecule has 1 aromatic heterocycles. The Morgan fingerprint density at radius 2 is 2.44 bits per heavy atom. The van der Waals surface area contributed by atoms with Gasteiger partial charge in [0.1, 0.15) is 11.5 Å². The van der Waals surface area contributed by atoms with Gasteiger partial charge >= 0.3 is 0 Å². The number of aromatic hydroxyl groups is 1. The van der Waals surface area contributed by atoms with Crippen molar-refractivity contribution in [2.75, 3.05) is 12.0 Å². The van der Waals surface area contributed by atoms with Crippen LogP contribution >= 0.6 is 0 Å². The number of phenols is 1. The second-order valence-corrected chi connectivity index (χ2v) is 3.26. The molecule has 0 unspecified atom stereocenters. The second kappa shape index (κ2) is 5.62. The number of aromatic amines is 1. The zero-order valence-corrected chi connectivity index (χ0v) is 9.66. The molecule has 8 nitrogen and oxygen atoms in total. The predicted molar refractivity (Wildman–Crippen MR) is 64.7 cm³/mol. The van der Waals surface area contributed by atoms with E-state index in [-0.39, 0.29) is 11.7 Å². The molecule has 0 bridgehead atoms. The highest BCUT2D eigenvalue weighted by Gasteiger charge is 2.02. The summed E-state index contributed by atoms with van der Waals surface area (Å²) >= 11 is 0. The minimum atomic E-state index is 0.140. The summed E-state index contributed by atoms with van der Waals surface area (Å²) in [5.74, 6) is 0.959. The van der Waals surface area contributed by atoms with Crippen LogP contribution in [0.2, 0.25) is 0 Å². The summed E-state index contributed by atoms with van der Waals surface area (Å²) in [6.45, 7) is 2.37. The van der Waals surface area contributed by atoms with E-state index in [4.69, 9.17) is 4.74 Å². The van der Waals surface area contributed by atoms with Gasteiger partial charge in [-0.2, -0.15) is 10.3 Å². The summed E-state index contributed by atoms with van der Waals surface area (Å²) in [6, 6.07) is 4.78. The van der Waals surface area contributed by atoms with Gasteiger partial charge in [-0.05, 0) is 24.3 Å². The van der Waals surface area contributed by atoms with Crippen LogP contribution in [0, 0.1) is 0 Å². The van der Waals surface area contributed by atoms with Crippen molar-refractivity contribution < 1.29 is 9.84 Å². The molecule has 2 rings (SSSR count). The van der Waals surface area contributed by atoms with Crippen molar-refractivity contribution >= 4 is 12.2 Å². The van der Waals surface area contributed by atoms with Gasteiger partial charge in [0, 0.05) is 11.6 Å². The molecule has 1 aromatic carbocycles. The minimum absolute atomic E-state index is 0.140. The highest BCUT2D eigenvalue weighted by Crippen LogP contribution is 2.22. The Bertz CT molecular complexity index is 525. The number of rotatable bonds is 5. The first kappa shape index (κ1) is 11.8. The molecule has 0 fully saturated rings. The number of phenolic OH excluding ortho intramolecular Hbond substituents is 1. The van der Waals surface area contributed by atoms with E-state index in [9.17, 15) is 5.11 Å². The fourth-order valence-electron chi connectivity index (χ4n) is 1.28. The molecular weight excluding hydrogens is 236 g/mol. The van der Waals surface area contributed by atoms with Gasteiger partial charge in [0.05, 0.1) is 12.8 Å². The van der Waals surface area contributed by atoms with Crippen molar-refractivity contribution in [1.29, 1.82) is 0 Å². The minimum Gasteiger partial charge on any atom is -0.508 e. The summed E-state index contributed by atoms with van der Waals surface area (Å²) in [7, 11) is 0. The Kier molecular flexibility index (Phi) is 3.69. The third-order valence-corrected chi connectivity index (χ3v) is 2.01. The number of benzene rings is 1. The monoisotopic (exact) mass is 248 g/mol. The third-order valence-electron chi connectivity index (χ3n) is 2.01. The van der Waals surface area contributed by atoms with Crippen LogP contribution in [0.25, 0.3) is 0 Å². The fourth-order valence-corrected chi connectivity index (χ4v) is 1.28. The van der Waals surface area contributed by atoms with E-state index < -0.39 is 0 Å². The Labute approximate surface area is 103 Å². The molecule has 18 heavy (non-hydrogen) atoms. The van der Waals surface area contributed by atoms with Gasteiger partial charge < -0.3 is 9.84 Å². The lowest BCUT2D eigenvalue weighted by atomic mass is 10.2. The zero-order valence-electron chi connectivity index (χ0n) is 9.66. The first-order valence-electron chi connectivity index (χ1n) is 5.28. The quantitative estimate of drug-likeness (QED) is 0.532. The van der Waals surface area contributed by atoms with Crippen molar-refractivity contribution in [3.8, 4) is 11.5 Å². The molecule has 2 aromatic rings. The van der Waals surface area contributed by atoms with Crippen LogP contribution in [-0.4, -0.2) is 38.6 Å².